The number of carbonyl (C=O) groups excluding carboxylic acids is 2. The van der Waals surface area contributed by atoms with Gasteiger partial charge in [0.05, 0.1) is 6.54 Å². The van der Waals surface area contributed by atoms with Crippen molar-refractivity contribution in [1.82, 2.24) is 9.80 Å². The molecule has 1 fully saturated rings. The van der Waals surface area contributed by atoms with Crippen LogP contribution in [0, 0.1) is 6.92 Å². The summed E-state index contributed by atoms with van der Waals surface area (Å²) in [6.07, 6.45) is 2.18. The maximum atomic E-state index is 12.7. The monoisotopic (exact) mass is 332 g/mol. The maximum absolute atomic E-state index is 12.7. The Bertz CT molecular complexity index is 556. The fraction of sp³-hybridized carbons (Fsp3) is 0.579. The fourth-order valence-corrected chi connectivity index (χ4v) is 2.97. The first-order chi connectivity index (χ1) is 11.5. The molecule has 0 radical (unpaired) electrons. The van der Waals surface area contributed by atoms with Gasteiger partial charge >= 0.3 is 0 Å². The Kier molecular flexibility index (Phi) is 6.79. The number of aryl methyl sites for hydroxylation is 1. The molecule has 1 aromatic carbocycles. The normalized spacial score (nSPS) is 17.4. The zero-order valence-electron chi connectivity index (χ0n) is 15.0. The second-order valence-electron chi connectivity index (χ2n) is 6.56. The molecule has 1 saturated heterocycles. The van der Waals surface area contributed by atoms with E-state index in [1.165, 1.54) is 5.56 Å². The Hall–Kier alpha value is -1.88. The number of likely N-dealkylation sites (tertiary alicyclic amines) is 1. The highest BCUT2D eigenvalue weighted by Gasteiger charge is 2.30. The molecule has 5 heteroatoms. The van der Waals surface area contributed by atoms with Crippen LogP contribution in [0.4, 0.5) is 0 Å². The summed E-state index contributed by atoms with van der Waals surface area (Å²) in [4.78, 5) is 28.2. The van der Waals surface area contributed by atoms with Crippen LogP contribution in [-0.2, 0) is 20.9 Å². The van der Waals surface area contributed by atoms with Gasteiger partial charge in [0.25, 0.3) is 0 Å². The van der Waals surface area contributed by atoms with Gasteiger partial charge in [-0.3, -0.25) is 9.59 Å². The van der Waals surface area contributed by atoms with E-state index in [9.17, 15) is 9.59 Å². The minimum absolute atomic E-state index is 0.00813. The number of carbonyl (C=O) groups is 2. The number of methoxy groups -OCH3 is 1. The minimum Gasteiger partial charge on any atom is -0.385 e. The van der Waals surface area contributed by atoms with E-state index in [1.807, 2.05) is 18.7 Å². The van der Waals surface area contributed by atoms with Crippen molar-refractivity contribution >= 4 is 11.8 Å². The Morgan fingerprint density at radius 1 is 1.33 bits per heavy atom. The van der Waals surface area contributed by atoms with Gasteiger partial charge in [0.1, 0.15) is 0 Å². The first kappa shape index (κ1) is 18.5. The van der Waals surface area contributed by atoms with Crippen LogP contribution < -0.4 is 0 Å². The average molecular weight is 332 g/mol. The third-order valence-corrected chi connectivity index (χ3v) is 4.56. The highest BCUT2D eigenvalue weighted by Crippen LogP contribution is 2.18. The largest absolute Gasteiger partial charge is 0.385 e. The standard InChI is InChI=1S/C19H28N2O3/c1-15-5-8-17(9-6-15)13-20(11-4-12-24-3)19(23)14-21-16(2)7-10-18(21)22/h5-6,8-9,16H,4,7,10-14H2,1-3H3. The quantitative estimate of drug-likeness (QED) is 0.687. The van der Waals surface area contributed by atoms with Crippen molar-refractivity contribution in [2.24, 2.45) is 0 Å². The molecule has 0 spiro atoms. The molecule has 0 N–H and O–H groups in total. The molecule has 1 aromatic rings. The van der Waals surface area contributed by atoms with Gasteiger partial charge in [-0.2, -0.15) is 0 Å². The SMILES string of the molecule is COCCCN(Cc1ccc(C)cc1)C(=O)CN1C(=O)CCC1C. The molecular weight excluding hydrogens is 304 g/mol. The Morgan fingerprint density at radius 2 is 2.04 bits per heavy atom. The first-order valence-electron chi connectivity index (χ1n) is 8.63. The summed E-state index contributed by atoms with van der Waals surface area (Å²) in [5.74, 6) is 0.0943. The Balaban J connectivity index is 2.02. The third kappa shape index (κ3) is 5.06. The van der Waals surface area contributed by atoms with Gasteiger partial charge < -0.3 is 14.5 Å². The van der Waals surface area contributed by atoms with Crippen molar-refractivity contribution in [3.8, 4) is 0 Å². The number of ether oxygens (including phenoxy) is 1. The van der Waals surface area contributed by atoms with Crippen molar-refractivity contribution in [2.75, 3.05) is 26.8 Å². The van der Waals surface area contributed by atoms with Gasteiger partial charge in [-0.1, -0.05) is 29.8 Å². The molecule has 1 heterocycles. The van der Waals surface area contributed by atoms with Gasteiger partial charge in [0, 0.05) is 39.3 Å². The van der Waals surface area contributed by atoms with Gasteiger partial charge in [0.2, 0.25) is 11.8 Å². The summed E-state index contributed by atoms with van der Waals surface area (Å²) < 4.78 is 5.10. The van der Waals surface area contributed by atoms with E-state index < -0.39 is 0 Å². The predicted octanol–water partition coefficient (Wildman–Crippen LogP) is 2.37. The predicted molar refractivity (Wildman–Crippen MR) is 93.5 cm³/mol. The van der Waals surface area contributed by atoms with Crippen LogP contribution >= 0.6 is 0 Å². The van der Waals surface area contributed by atoms with Crippen LogP contribution in [0.2, 0.25) is 0 Å². The third-order valence-electron chi connectivity index (χ3n) is 4.56. The van der Waals surface area contributed by atoms with Gasteiger partial charge in [-0.15, -0.1) is 0 Å². The second kappa shape index (κ2) is 8.83. The molecule has 24 heavy (non-hydrogen) atoms. The number of hydrogen-bond acceptors (Lipinski definition) is 3. The zero-order chi connectivity index (χ0) is 17.5. The Morgan fingerprint density at radius 3 is 2.62 bits per heavy atom. The topological polar surface area (TPSA) is 49.9 Å². The van der Waals surface area contributed by atoms with E-state index >= 15 is 0 Å². The van der Waals surface area contributed by atoms with Crippen molar-refractivity contribution < 1.29 is 14.3 Å². The number of hydrogen-bond donors (Lipinski definition) is 0. The molecule has 0 saturated carbocycles. The van der Waals surface area contributed by atoms with E-state index in [-0.39, 0.29) is 24.4 Å². The van der Waals surface area contributed by atoms with E-state index in [1.54, 1.807) is 12.0 Å². The van der Waals surface area contributed by atoms with Gasteiger partial charge in [-0.05, 0) is 32.3 Å². The summed E-state index contributed by atoms with van der Waals surface area (Å²) in [5.41, 5.74) is 2.31. The summed E-state index contributed by atoms with van der Waals surface area (Å²) in [7, 11) is 1.66. The van der Waals surface area contributed by atoms with Gasteiger partial charge in [0.15, 0.2) is 0 Å². The molecule has 2 rings (SSSR count). The molecule has 0 aromatic heterocycles. The average Bonchev–Trinajstić information content (AvgIpc) is 2.88. The molecule has 0 aliphatic carbocycles. The van der Waals surface area contributed by atoms with E-state index in [2.05, 4.69) is 24.3 Å². The number of rotatable bonds is 8. The molecule has 5 nitrogen and oxygen atoms in total. The molecule has 132 valence electrons. The lowest BCUT2D eigenvalue weighted by Crippen LogP contribution is -2.43. The molecule has 0 bridgehead atoms. The van der Waals surface area contributed by atoms with E-state index in [0.29, 0.717) is 26.1 Å². The molecule has 2 amide bonds. The first-order valence-corrected chi connectivity index (χ1v) is 8.63. The minimum atomic E-state index is 0.00813. The molecule has 1 unspecified atom stereocenters. The van der Waals surface area contributed by atoms with Crippen molar-refractivity contribution in [3.63, 3.8) is 0 Å². The van der Waals surface area contributed by atoms with Crippen molar-refractivity contribution in [1.29, 1.82) is 0 Å². The van der Waals surface area contributed by atoms with Crippen LogP contribution in [0.25, 0.3) is 0 Å². The highest BCUT2D eigenvalue weighted by atomic mass is 16.5. The fourth-order valence-electron chi connectivity index (χ4n) is 2.97. The van der Waals surface area contributed by atoms with Gasteiger partial charge in [-0.25, -0.2) is 0 Å². The molecular formula is C19H28N2O3. The molecule has 1 aliphatic rings. The lowest BCUT2D eigenvalue weighted by molar-refractivity contribution is -0.139. The number of amides is 2. The van der Waals surface area contributed by atoms with E-state index in [0.717, 1.165) is 18.4 Å². The number of nitrogens with zero attached hydrogens (tertiary/aromatic N) is 2. The lowest BCUT2D eigenvalue weighted by Gasteiger charge is -2.27. The van der Waals surface area contributed by atoms with Crippen LogP contribution in [0.15, 0.2) is 24.3 Å². The van der Waals surface area contributed by atoms with Crippen molar-refractivity contribution in [3.05, 3.63) is 35.4 Å². The Labute approximate surface area is 144 Å². The number of benzene rings is 1. The summed E-state index contributed by atoms with van der Waals surface area (Å²) in [6.45, 7) is 6.06. The maximum Gasteiger partial charge on any atom is 0.242 e. The summed E-state index contributed by atoms with van der Waals surface area (Å²) in [6, 6.07) is 8.37. The lowest BCUT2D eigenvalue weighted by atomic mass is 10.1. The van der Waals surface area contributed by atoms with Crippen LogP contribution in [0.1, 0.15) is 37.3 Å². The highest BCUT2D eigenvalue weighted by molar-refractivity contribution is 5.86. The smallest absolute Gasteiger partial charge is 0.242 e. The zero-order valence-corrected chi connectivity index (χ0v) is 15.0. The van der Waals surface area contributed by atoms with Crippen LogP contribution in [0.3, 0.4) is 0 Å². The van der Waals surface area contributed by atoms with E-state index in [4.69, 9.17) is 4.74 Å². The van der Waals surface area contributed by atoms with Crippen molar-refractivity contribution in [2.45, 2.75) is 45.7 Å². The molecule has 1 aliphatic heterocycles. The van der Waals surface area contributed by atoms with Crippen LogP contribution in [0.5, 0.6) is 0 Å². The summed E-state index contributed by atoms with van der Waals surface area (Å²) >= 11 is 0. The molecule has 1 atom stereocenters. The second-order valence-corrected chi connectivity index (χ2v) is 6.56. The van der Waals surface area contributed by atoms with Crippen LogP contribution in [-0.4, -0.2) is 54.5 Å². The summed E-state index contributed by atoms with van der Waals surface area (Å²) in [5, 5.41) is 0.